The van der Waals surface area contributed by atoms with Crippen molar-refractivity contribution in [2.45, 2.75) is 58.5 Å². The van der Waals surface area contributed by atoms with Crippen LogP contribution < -0.4 is 5.32 Å². The van der Waals surface area contributed by atoms with Crippen molar-refractivity contribution < 1.29 is 9.53 Å². The van der Waals surface area contributed by atoms with Crippen molar-refractivity contribution >= 4 is 5.91 Å². The Balaban J connectivity index is 1.66. The first kappa shape index (κ1) is 16.0. The number of benzene rings is 1. The summed E-state index contributed by atoms with van der Waals surface area (Å²) < 4.78 is 5.86. The molecule has 0 aromatic heterocycles. The Bertz CT molecular complexity index is 464. The van der Waals surface area contributed by atoms with Crippen molar-refractivity contribution in [1.82, 2.24) is 5.32 Å². The number of rotatable bonds is 6. The van der Waals surface area contributed by atoms with Crippen LogP contribution in [-0.2, 0) is 4.74 Å². The third-order valence-electron chi connectivity index (χ3n) is 4.36. The van der Waals surface area contributed by atoms with Crippen LogP contribution in [0, 0.1) is 13.8 Å². The second-order valence-corrected chi connectivity index (χ2v) is 5.99. The summed E-state index contributed by atoms with van der Waals surface area (Å²) in [5.74, 6) is 0.0221. The zero-order valence-corrected chi connectivity index (χ0v) is 13.3. The Labute approximate surface area is 128 Å². The Hall–Kier alpha value is -1.35. The van der Waals surface area contributed by atoms with Crippen LogP contribution in [0.2, 0.25) is 0 Å². The molecule has 1 aliphatic rings. The summed E-state index contributed by atoms with van der Waals surface area (Å²) >= 11 is 0. The molecule has 3 heteroatoms. The van der Waals surface area contributed by atoms with Crippen LogP contribution in [0.15, 0.2) is 18.2 Å². The number of ether oxygens (including phenoxy) is 1. The maximum absolute atomic E-state index is 12.1. The Morgan fingerprint density at radius 1 is 1.24 bits per heavy atom. The smallest absolute Gasteiger partial charge is 0.251 e. The van der Waals surface area contributed by atoms with Gasteiger partial charge in [-0.05, 0) is 50.3 Å². The zero-order valence-electron chi connectivity index (χ0n) is 13.3. The molecule has 1 N–H and O–H groups in total. The van der Waals surface area contributed by atoms with E-state index in [-0.39, 0.29) is 5.91 Å². The molecule has 1 fully saturated rings. The molecule has 2 rings (SSSR count). The molecule has 21 heavy (non-hydrogen) atoms. The van der Waals surface area contributed by atoms with Crippen molar-refractivity contribution in [3.05, 3.63) is 34.9 Å². The average Bonchev–Trinajstić information content (AvgIpc) is 2.50. The molecule has 1 aromatic rings. The summed E-state index contributed by atoms with van der Waals surface area (Å²) in [7, 11) is 0. The standard InChI is InChI=1S/C18H27NO2/c1-14-8-6-11-17(15(14)2)18(20)19-12-7-13-21-16-9-4-3-5-10-16/h6,8,11,16H,3-5,7,9-10,12-13H2,1-2H3,(H,19,20). The Morgan fingerprint density at radius 2 is 2.00 bits per heavy atom. The molecule has 3 nitrogen and oxygen atoms in total. The largest absolute Gasteiger partial charge is 0.378 e. The average molecular weight is 289 g/mol. The molecule has 0 unspecified atom stereocenters. The summed E-state index contributed by atoms with van der Waals surface area (Å²) in [5, 5.41) is 2.99. The number of aryl methyl sites for hydroxylation is 1. The Morgan fingerprint density at radius 3 is 2.76 bits per heavy atom. The number of nitrogens with one attached hydrogen (secondary N) is 1. The third kappa shape index (κ3) is 4.85. The number of carbonyl (C=O) groups excluding carboxylic acids is 1. The lowest BCUT2D eigenvalue weighted by Gasteiger charge is -2.21. The summed E-state index contributed by atoms with van der Waals surface area (Å²) in [6, 6.07) is 5.85. The fourth-order valence-electron chi connectivity index (χ4n) is 2.85. The highest BCUT2D eigenvalue weighted by molar-refractivity contribution is 5.95. The first-order chi connectivity index (χ1) is 10.2. The fourth-order valence-corrected chi connectivity index (χ4v) is 2.85. The van der Waals surface area contributed by atoms with Gasteiger partial charge in [-0.15, -0.1) is 0 Å². The molecule has 1 aromatic carbocycles. The molecule has 0 atom stereocenters. The van der Waals surface area contributed by atoms with E-state index in [1.54, 1.807) is 0 Å². The second-order valence-electron chi connectivity index (χ2n) is 5.99. The number of hydrogen-bond donors (Lipinski definition) is 1. The highest BCUT2D eigenvalue weighted by Gasteiger charge is 2.13. The minimum Gasteiger partial charge on any atom is -0.378 e. The molecule has 0 bridgehead atoms. The SMILES string of the molecule is Cc1cccc(C(=O)NCCCOC2CCCCC2)c1C. The first-order valence-corrected chi connectivity index (χ1v) is 8.14. The molecular weight excluding hydrogens is 262 g/mol. The van der Waals surface area contributed by atoms with Crippen LogP contribution in [0.3, 0.4) is 0 Å². The summed E-state index contributed by atoms with van der Waals surface area (Å²) in [6.07, 6.45) is 7.69. The van der Waals surface area contributed by atoms with Gasteiger partial charge in [-0.2, -0.15) is 0 Å². The lowest BCUT2D eigenvalue weighted by atomic mass is 9.98. The topological polar surface area (TPSA) is 38.3 Å². The van der Waals surface area contributed by atoms with Crippen LogP contribution >= 0.6 is 0 Å². The zero-order chi connectivity index (χ0) is 15.1. The van der Waals surface area contributed by atoms with E-state index in [0.29, 0.717) is 12.6 Å². The molecule has 0 heterocycles. The molecule has 0 aliphatic heterocycles. The van der Waals surface area contributed by atoms with E-state index >= 15 is 0 Å². The summed E-state index contributed by atoms with van der Waals surface area (Å²) in [4.78, 5) is 12.1. The van der Waals surface area contributed by atoms with Crippen molar-refractivity contribution in [3.63, 3.8) is 0 Å². The molecule has 0 spiro atoms. The van der Waals surface area contributed by atoms with Gasteiger partial charge in [-0.1, -0.05) is 31.4 Å². The van der Waals surface area contributed by atoms with Crippen molar-refractivity contribution in [3.8, 4) is 0 Å². The van der Waals surface area contributed by atoms with E-state index in [1.165, 1.54) is 32.1 Å². The van der Waals surface area contributed by atoms with Gasteiger partial charge in [-0.25, -0.2) is 0 Å². The van der Waals surface area contributed by atoms with Crippen LogP contribution in [0.25, 0.3) is 0 Å². The van der Waals surface area contributed by atoms with Gasteiger partial charge in [0.1, 0.15) is 0 Å². The maximum Gasteiger partial charge on any atom is 0.251 e. The van der Waals surface area contributed by atoms with Gasteiger partial charge in [0, 0.05) is 18.7 Å². The van der Waals surface area contributed by atoms with Gasteiger partial charge in [0.2, 0.25) is 0 Å². The van der Waals surface area contributed by atoms with Gasteiger partial charge in [-0.3, -0.25) is 4.79 Å². The van der Waals surface area contributed by atoms with E-state index in [9.17, 15) is 4.79 Å². The van der Waals surface area contributed by atoms with E-state index in [1.807, 2.05) is 32.0 Å². The van der Waals surface area contributed by atoms with Crippen molar-refractivity contribution in [1.29, 1.82) is 0 Å². The van der Waals surface area contributed by atoms with E-state index in [2.05, 4.69) is 5.32 Å². The van der Waals surface area contributed by atoms with Crippen molar-refractivity contribution in [2.75, 3.05) is 13.2 Å². The van der Waals surface area contributed by atoms with Gasteiger partial charge in [0.05, 0.1) is 6.10 Å². The van der Waals surface area contributed by atoms with E-state index in [4.69, 9.17) is 4.74 Å². The first-order valence-electron chi connectivity index (χ1n) is 8.14. The number of carbonyl (C=O) groups is 1. The lowest BCUT2D eigenvalue weighted by molar-refractivity contribution is 0.0273. The molecule has 0 saturated heterocycles. The molecule has 116 valence electrons. The Kier molecular flexibility index (Phi) is 6.24. The quantitative estimate of drug-likeness (QED) is 0.810. The van der Waals surface area contributed by atoms with Crippen LogP contribution in [0.1, 0.15) is 60.0 Å². The highest BCUT2D eigenvalue weighted by atomic mass is 16.5. The normalized spacial score (nSPS) is 15.9. The van der Waals surface area contributed by atoms with Crippen LogP contribution in [0.5, 0.6) is 0 Å². The maximum atomic E-state index is 12.1. The van der Waals surface area contributed by atoms with Gasteiger partial charge >= 0.3 is 0 Å². The van der Waals surface area contributed by atoms with Crippen LogP contribution in [-0.4, -0.2) is 25.2 Å². The third-order valence-corrected chi connectivity index (χ3v) is 4.36. The predicted molar refractivity (Wildman–Crippen MR) is 85.7 cm³/mol. The van der Waals surface area contributed by atoms with Gasteiger partial charge in [0.15, 0.2) is 0 Å². The fraction of sp³-hybridized carbons (Fsp3) is 0.611. The molecule has 1 amide bonds. The summed E-state index contributed by atoms with van der Waals surface area (Å²) in [6.45, 7) is 5.46. The highest BCUT2D eigenvalue weighted by Crippen LogP contribution is 2.20. The second kappa shape index (κ2) is 8.18. The number of amides is 1. The summed E-state index contributed by atoms with van der Waals surface area (Å²) in [5.41, 5.74) is 3.00. The van der Waals surface area contributed by atoms with Gasteiger partial charge in [0.25, 0.3) is 5.91 Å². The minimum atomic E-state index is 0.0221. The van der Waals surface area contributed by atoms with E-state index in [0.717, 1.165) is 29.7 Å². The van der Waals surface area contributed by atoms with Crippen molar-refractivity contribution in [2.24, 2.45) is 0 Å². The minimum absolute atomic E-state index is 0.0221. The molecule has 1 saturated carbocycles. The monoisotopic (exact) mass is 289 g/mol. The molecule has 1 aliphatic carbocycles. The predicted octanol–water partition coefficient (Wildman–Crippen LogP) is 3.77. The van der Waals surface area contributed by atoms with Gasteiger partial charge < -0.3 is 10.1 Å². The molecular formula is C18H27NO2. The van der Waals surface area contributed by atoms with Crippen LogP contribution in [0.4, 0.5) is 0 Å². The number of hydrogen-bond acceptors (Lipinski definition) is 2. The van der Waals surface area contributed by atoms with E-state index < -0.39 is 0 Å². The molecule has 0 radical (unpaired) electrons. The lowest BCUT2D eigenvalue weighted by Crippen LogP contribution is -2.27.